The summed E-state index contributed by atoms with van der Waals surface area (Å²) in [5, 5.41) is 8.66. The molecule has 1 aliphatic carbocycles. The van der Waals surface area contributed by atoms with Crippen molar-refractivity contribution in [2.45, 2.75) is 97.3 Å². The summed E-state index contributed by atoms with van der Waals surface area (Å²) in [6, 6.07) is 9.59. The van der Waals surface area contributed by atoms with E-state index in [1.807, 2.05) is 24.3 Å². The van der Waals surface area contributed by atoms with Crippen molar-refractivity contribution in [3.8, 4) is 11.3 Å². The molecule has 0 aliphatic heterocycles. The average molecular weight is 411 g/mol. The first-order chi connectivity index (χ1) is 14.7. The van der Waals surface area contributed by atoms with Crippen molar-refractivity contribution in [3.63, 3.8) is 0 Å². The smallest absolute Gasteiger partial charge is 0.127 e. The number of hydrogen-bond donors (Lipinski definition) is 0. The highest BCUT2D eigenvalue weighted by Crippen LogP contribution is 2.34. The van der Waals surface area contributed by atoms with E-state index < -0.39 is 0 Å². The molecule has 164 valence electrons. The van der Waals surface area contributed by atoms with Gasteiger partial charge in [0.15, 0.2) is 0 Å². The quantitative estimate of drug-likeness (QED) is 0.351. The Morgan fingerprint density at radius 1 is 0.800 bits per heavy atom. The highest BCUT2D eigenvalue weighted by Gasteiger charge is 2.21. The van der Waals surface area contributed by atoms with Crippen LogP contribution in [0, 0.1) is 17.7 Å². The highest BCUT2D eigenvalue weighted by molar-refractivity contribution is 5.59. The Hall–Kier alpha value is -1.77. The average Bonchev–Trinajstić information content (AvgIpc) is 2.78. The predicted molar refractivity (Wildman–Crippen MR) is 124 cm³/mol. The molecule has 0 radical (unpaired) electrons. The molecule has 1 saturated carbocycles. The van der Waals surface area contributed by atoms with Crippen molar-refractivity contribution < 1.29 is 4.39 Å². The standard InChI is InChI=1S/C27H39FN2/c1-3-5-7-9-25-18-19-27(30-29-25)24-17-16-23(26(28)20-24)15-14-22-12-10-21(11-13-22)8-6-4-2/h16-22H,3-15H2,1-2H3. The van der Waals surface area contributed by atoms with Gasteiger partial charge in [-0.25, -0.2) is 4.39 Å². The van der Waals surface area contributed by atoms with E-state index in [2.05, 4.69) is 24.0 Å². The third-order valence-corrected chi connectivity index (χ3v) is 6.86. The van der Waals surface area contributed by atoms with E-state index in [-0.39, 0.29) is 5.82 Å². The van der Waals surface area contributed by atoms with Crippen LogP contribution in [0.15, 0.2) is 30.3 Å². The van der Waals surface area contributed by atoms with Crippen molar-refractivity contribution in [3.05, 3.63) is 47.4 Å². The van der Waals surface area contributed by atoms with Gasteiger partial charge in [-0.1, -0.05) is 83.8 Å². The van der Waals surface area contributed by atoms with E-state index in [1.165, 1.54) is 57.8 Å². The third kappa shape index (κ3) is 6.89. The van der Waals surface area contributed by atoms with Crippen LogP contribution in [0.4, 0.5) is 4.39 Å². The Labute approximate surface area is 182 Å². The summed E-state index contributed by atoms with van der Waals surface area (Å²) in [6.45, 7) is 4.48. The molecule has 2 nitrogen and oxygen atoms in total. The summed E-state index contributed by atoms with van der Waals surface area (Å²) in [4.78, 5) is 0. The maximum atomic E-state index is 14.7. The number of aromatic nitrogens is 2. The molecule has 0 atom stereocenters. The molecule has 30 heavy (non-hydrogen) atoms. The van der Waals surface area contributed by atoms with Gasteiger partial charge in [0.2, 0.25) is 0 Å². The van der Waals surface area contributed by atoms with Gasteiger partial charge in [0.25, 0.3) is 0 Å². The number of rotatable bonds is 11. The second-order valence-corrected chi connectivity index (χ2v) is 9.24. The SMILES string of the molecule is CCCCCc1ccc(-c2ccc(CCC3CCC(CCCC)CC3)c(F)c2)nn1. The van der Waals surface area contributed by atoms with Crippen molar-refractivity contribution in [2.75, 3.05) is 0 Å². The number of benzene rings is 1. The van der Waals surface area contributed by atoms with Crippen LogP contribution < -0.4 is 0 Å². The molecule has 0 saturated heterocycles. The highest BCUT2D eigenvalue weighted by atomic mass is 19.1. The lowest BCUT2D eigenvalue weighted by atomic mass is 9.78. The monoisotopic (exact) mass is 410 g/mol. The molecule has 0 unspecified atom stereocenters. The first kappa shape index (κ1) is 22.9. The minimum Gasteiger partial charge on any atom is -0.207 e. The number of nitrogens with zero attached hydrogens (tertiary/aromatic N) is 2. The van der Waals surface area contributed by atoms with Crippen LogP contribution in [0.2, 0.25) is 0 Å². The Bertz CT molecular complexity index is 748. The molecule has 1 aliphatic rings. The Morgan fingerprint density at radius 2 is 1.53 bits per heavy atom. The van der Waals surface area contributed by atoms with Crippen LogP contribution >= 0.6 is 0 Å². The zero-order valence-corrected chi connectivity index (χ0v) is 19.0. The maximum Gasteiger partial charge on any atom is 0.127 e. The fourth-order valence-corrected chi connectivity index (χ4v) is 4.77. The van der Waals surface area contributed by atoms with Crippen LogP contribution in [-0.2, 0) is 12.8 Å². The molecule has 3 rings (SSSR count). The molecule has 0 spiro atoms. The Balaban J connectivity index is 1.49. The van der Waals surface area contributed by atoms with Crippen LogP contribution in [0.5, 0.6) is 0 Å². The van der Waals surface area contributed by atoms with E-state index in [4.69, 9.17) is 0 Å². The predicted octanol–water partition coefficient (Wildman–Crippen LogP) is 7.94. The lowest BCUT2D eigenvalue weighted by molar-refractivity contribution is 0.249. The van der Waals surface area contributed by atoms with E-state index in [1.54, 1.807) is 6.07 Å². The number of halogens is 1. The molecule has 0 amide bonds. The van der Waals surface area contributed by atoms with Gasteiger partial charge in [-0.2, -0.15) is 10.2 Å². The topological polar surface area (TPSA) is 25.8 Å². The molecule has 1 heterocycles. The van der Waals surface area contributed by atoms with Gasteiger partial charge in [-0.05, 0) is 61.3 Å². The van der Waals surface area contributed by atoms with E-state index in [9.17, 15) is 4.39 Å². The largest absolute Gasteiger partial charge is 0.207 e. The van der Waals surface area contributed by atoms with Crippen LogP contribution in [0.25, 0.3) is 11.3 Å². The summed E-state index contributed by atoms with van der Waals surface area (Å²) >= 11 is 0. The first-order valence-corrected chi connectivity index (χ1v) is 12.3. The van der Waals surface area contributed by atoms with Gasteiger partial charge in [-0.3, -0.25) is 0 Å². The summed E-state index contributed by atoms with van der Waals surface area (Å²) in [5.41, 5.74) is 3.44. The van der Waals surface area contributed by atoms with Crippen molar-refractivity contribution >= 4 is 0 Å². The van der Waals surface area contributed by atoms with E-state index >= 15 is 0 Å². The van der Waals surface area contributed by atoms with Crippen molar-refractivity contribution in [1.82, 2.24) is 10.2 Å². The molecule has 1 fully saturated rings. The second kappa shape index (κ2) is 12.2. The van der Waals surface area contributed by atoms with Gasteiger partial charge in [-0.15, -0.1) is 0 Å². The first-order valence-electron chi connectivity index (χ1n) is 12.3. The number of aryl methyl sites for hydroxylation is 2. The third-order valence-electron chi connectivity index (χ3n) is 6.86. The van der Waals surface area contributed by atoms with Crippen LogP contribution in [0.1, 0.15) is 95.7 Å². The Morgan fingerprint density at radius 3 is 2.17 bits per heavy atom. The summed E-state index contributed by atoms with van der Waals surface area (Å²) in [5.74, 6) is 1.61. The molecule has 2 aromatic rings. The second-order valence-electron chi connectivity index (χ2n) is 9.24. The zero-order chi connectivity index (χ0) is 21.2. The van der Waals surface area contributed by atoms with Crippen molar-refractivity contribution in [1.29, 1.82) is 0 Å². The van der Waals surface area contributed by atoms with E-state index in [0.717, 1.165) is 60.0 Å². The number of unbranched alkanes of at least 4 members (excludes halogenated alkanes) is 3. The summed E-state index contributed by atoms with van der Waals surface area (Å²) in [6.07, 6.45) is 16.0. The van der Waals surface area contributed by atoms with Crippen LogP contribution in [0.3, 0.4) is 0 Å². The minimum atomic E-state index is -0.0991. The summed E-state index contributed by atoms with van der Waals surface area (Å²) < 4.78 is 14.7. The molecule has 0 bridgehead atoms. The molecule has 1 aromatic heterocycles. The zero-order valence-electron chi connectivity index (χ0n) is 19.0. The van der Waals surface area contributed by atoms with Gasteiger partial charge in [0, 0.05) is 5.56 Å². The molecular formula is C27H39FN2. The van der Waals surface area contributed by atoms with Crippen molar-refractivity contribution in [2.24, 2.45) is 11.8 Å². The minimum absolute atomic E-state index is 0.0991. The van der Waals surface area contributed by atoms with Gasteiger partial charge in [0.05, 0.1) is 11.4 Å². The van der Waals surface area contributed by atoms with Gasteiger partial charge >= 0.3 is 0 Å². The van der Waals surface area contributed by atoms with Gasteiger partial charge < -0.3 is 0 Å². The summed E-state index contributed by atoms with van der Waals surface area (Å²) in [7, 11) is 0. The van der Waals surface area contributed by atoms with Gasteiger partial charge in [0.1, 0.15) is 5.82 Å². The lowest BCUT2D eigenvalue weighted by Gasteiger charge is -2.28. The normalized spacial score (nSPS) is 19.2. The molecular weight excluding hydrogens is 371 g/mol. The molecule has 3 heteroatoms. The molecule has 0 N–H and O–H groups in total. The molecule has 1 aromatic carbocycles. The van der Waals surface area contributed by atoms with E-state index in [0.29, 0.717) is 0 Å². The fraction of sp³-hybridized carbons (Fsp3) is 0.630. The fourth-order valence-electron chi connectivity index (χ4n) is 4.77. The Kier molecular flexibility index (Phi) is 9.29. The maximum absolute atomic E-state index is 14.7. The number of hydrogen-bond acceptors (Lipinski definition) is 2. The van der Waals surface area contributed by atoms with Crippen LogP contribution in [-0.4, -0.2) is 10.2 Å². The lowest BCUT2D eigenvalue weighted by Crippen LogP contribution is -2.15.